The molecule has 9 N–H and O–H groups in total. The molecule has 8 saturated heterocycles. The topological polar surface area (TPSA) is 337 Å². The molecule has 11 heterocycles. The molecule has 0 aliphatic carbocycles. The Labute approximate surface area is 735 Å². The fourth-order valence-corrected chi connectivity index (χ4v) is 13.5. The van der Waals surface area contributed by atoms with Crippen LogP contribution >= 0.6 is 0 Å². The lowest BCUT2D eigenvalue weighted by Gasteiger charge is -2.44. The SMILES string of the molecule is C.C.C.C.CC(=O)N1CCC(C)CC1.CC(=O)NC1CN2CCC1CC2.CC(=O)NCCN1CCCC1.CC(=O)NCCN1CCCCC1.CC(=O)NCCN1CCCCC1.CC(=O)NCCc1ccccn1.CC(=O)NCCc1cccnc1.CC(=O)NCCc1ccncc1.CCC.CCCCNC(C)=O.CCN1CCCC1CCNC(C)=O. The zero-order valence-corrected chi connectivity index (χ0v) is 75.2. The predicted molar refractivity (Wildman–Crippen MR) is 500 cm³/mol. The quantitative estimate of drug-likeness (QED) is 0.0337. The van der Waals surface area contributed by atoms with Crippen molar-refractivity contribution in [3.05, 3.63) is 90.3 Å². The van der Waals surface area contributed by atoms with Crippen LogP contribution in [-0.4, -0.2) is 273 Å². The fourth-order valence-electron chi connectivity index (χ4n) is 13.5. The average Bonchev–Trinajstić information content (AvgIpc) is 1.33. The van der Waals surface area contributed by atoms with Gasteiger partial charge in [-0.25, -0.2) is 0 Å². The molecule has 3 aromatic heterocycles. The number of piperidine rings is 6. The normalized spacial score (nSPS) is 17.2. The largest absolute Gasteiger partial charge is 0.356 e. The molecule has 698 valence electrons. The van der Waals surface area contributed by atoms with Gasteiger partial charge in [-0.05, 0) is 221 Å². The first kappa shape index (κ1) is 121. The highest BCUT2D eigenvalue weighted by molar-refractivity contribution is 5.76. The van der Waals surface area contributed by atoms with Crippen LogP contribution < -0.4 is 47.9 Å². The summed E-state index contributed by atoms with van der Waals surface area (Å²) in [5.74, 6) is 2.33. The van der Waals surface area contributed by atoms with Crippen LogP contribution in [-0.2, 0) is 67.2 Å². The van der Waals surface area contributed by atoms with Crippen LogP contribution in [0.25, 0.3) is 0 Å². The number of nitrogens with zero attached hydrogens (tertiary/aromatic N) is 9. The van der Waals surface area contributed by atoms with Crippen LogP contribution in [0.1, 0.15) is 266 Å². The van der Waals surface area contributed by atoms with Gasteiger partial charge in [0.1, 0.15) is 0 Å². The fraction of sp³-hybridized carbons (Fsp3) is 0.731. The number of carbonyl (C=O) groups excluding carboxylic acids is 10. The van der Waals surface area contributed by atoms with Gasteiger partial charge in [0.2, 0.25) is 59.1 Å². The monoisotopic (exact) mass is 1710 g/mol. The Kier molecular flexibility index (Phi) is 81.9. The van der Waals surface area contributed by atoms with Crippen LogP contribution in [0.15, 0.2) is 73.4 Å². The number of aromatic nitrogens is 3. The van der Waals surface area contributed by atoms with Crippen LogP contribution in [0.5, 0.6) is 0 Å². The maximum atomic E-state index is 10.9. The lowest BCUT2D eigenvalue weighted by atomic mass is 9.84. The highest BCUT2D eigenvalue weighted by atomic mass is 16.2. The van der Waals surface area contributed by atoms with Gasteiger partial charge in [-0.2, -0.15) is 0 Å². The number of unbranched alkanes of at least 4 members (excludes halogenated alkanes) is 1. The van der Waals surface area contributed by atoms with Gasteiger partial charge in [-0.1, -0.05) is 102 Å². The smallest absolute Gasteiger partial charge is 0.219 e. The zero-order valence-electron chi connectivity index (χ0n) is 75.2. The molecule has 0 spiro atoms. The van der Waals surface area contributed by atoms with Crippen molar-refractivity contribution in [2.75, 3.05) is 157 Å². The van der Waals surface area contributed by atoms with E-state index in [0.717, 1.165) is 140 Å². The van der Waals surface area contributed by atoms with E-state index in [2.05, 4.69) is 122 Å². The van der Waals surface area contributed by atoms with Crippen molar-refractivity contribution in [3.63, 3.8) is 0 Å². The Morgan fingerprint density at radius 2 is 0.818 bits per heavy atom. The summed E-state index contributed by atoms with van der Waals surface area (Å²) in [5.41, 5.74) is 3.34. The molecule has 2 unspecified atom stereocenters. The van der Waals surface area contributed by atoms with Crippen molar-refractivity contribution in [2.24, 2.45) is 11.8 Å². The van der Waals surface area contributed by atoms with E-state index < -0.39 is 0 Å². The van der Waals surface area contributed by atoms with E-state index in [1.165, 1.54) is 188 Å². The number of carbonyl (C=O) groups is 10. The Balaban J connectivity index is -0.000000410. The highest BCUT2D eigenvalue weighted by Gasteiger charge is 2.34. The van der Waals surface area contributed by atoms with Crippen LogP contribution in [0.3, 0.4) is 0 Å². The molecular weight excluding hydrogens is 1530 g/mol. The van der Waals surface area contributed by atoms with Crippen molar-refractivity contribution in [2.45, 2.75) is 280 Å². The maximum Gasteiger partial charge on any atom is 0.219 e. The number of amides is 10. The molecule has 3 aromatic rings. The summed E-state index contributed by atoms with van der Waals surface area (Å²) in [5, 5.41) is 25.2. The number of hydrogen-bond donors (Lipinski definition) is 9. The Morgan fingerprint density at radius 1 is 0.397 bits per heavy atom. The van der Waals surface area contributed by atoms with Gasteiger partial charge >= 0.3 is 0 Å². The average molecular weight is 1710 g/mol. The van der Waals surface area contributed by atoms with Crippen molar-refractivity contribution < 1.29 is 47.9 Å². The van der Waals surface area contributed by atoms with E-state index in [1.54, 1.807) is 66.3 Å². The molecule has 11 rings (SSSR count). The summed E-state index contributed by atoms with van der Waals surface area (Å²) in [6.07, 6.45) is 34.1. The summed E-state index contributed by atoms with van der Waals surface area (Å²) in [6, 6.07) is 14.7. The first-order chi connectivity index (χ1) is 56.1. The molecule has 8 aliphatic rings. The van der Waals surface area contributed by atoms with Gasteiger partial charge in [-0.3, -0.25) is 62.9 Å². The number of nitrogens with one attached hydrogen (secondary N) is 9. The first-order valence-corrected chi connectivity index (χ1v) is 43.9. The molecule has 28 nitrogen and oxygen atoms in total. The molecule has 0 aromatic carbocycles. The predicted octanol–water partition coefficient (Wildman–Crippen LogP) is 11.1. The minimum Gasteiger partial charge on any atom is -0.356 e. The highest BCUT2D eigenvalue weighted by Crippen LogP contribution is 2.27. The van der Waals surface area contributed by atoms with Gasteiger partial charge in [-0.15, -0.1) is 0 Å². The van der Waals surface area contributed by atoms with Gasteiger partial charge in [0.05, 0.1) is 0 Å². The third-order valence-corrected chi connectivity index (χ3v) is 20.0. The van der Waals surface area contributed by atoms with E-state index in [0.29, 0.717) is 31.7 Å². The molecule has 8 aliphatic heterocycles. The molecule has 8 fully saturated rings. The third-order valence-electron chi connectivity index (χ3n) is 20.0. The van der Waals surface area contributed by atoms with Gasteiger partial charge < -0.3 is 77.3 Å². The summed E-state index contributed by atoms with van der Waals surface area (Å²) in [6.45, 7) is 50.7. The van der Waals surface area contributed by atoms with Gasteiger partial charge in [0.15, 0.2) is 0 Å². The maximum absolute atomic E-state index is 10.9. The molecule has 2 atom stereocenters. The molecule has 0 radical (unpaired) electrons. The Bertz CT molecular complexity index is 2850. The molecule has 10 amide bonds. The lowest BCUT2D eigenvalue weighted by molar-refractivity contribution is -0.130. The van der Waals surface area contributed by atoms with Crippen molar-refractivity contribution in [3.8, 4) is 0 Å². The summed E-state index contributed by atoms with van der Waals surface area (Å²) in [7, 11) is 0. The van der Waals surface area contributed by atoms with Gasteiger partial charge in [0, 0.05) is 216 Å². The molecule has 121 heavy (non-hydrogen) atoms. The van der Waals surface area contributed by atoms with Gasteiger partial charge in [0.25, 0.3) is 0 Å². The van der Waals surface area contributed by atoms with E-state index in [9.17, 15) is 47.9 Å². The lowest BCUT2D eigenvalue weighted by Crippen LogP contribution is -2.56. The molecular formula is C93H176N18O10. The zero-order chi connectivity index (χ0) is 87.1. The van der Waals surface area contributed by atoms with E-state index in [1.807, 2.05) is 53.6 Å². The van der Waals surface area contributed by atoms with Crippen LogP contribution in [0.4, 0.5) is 0 Å². The first-order valence-electron chi connectivity index (χ1n) is 43.9. The summed E-state index contributed by atoms with van der Waals surface area (Å²) < 4.78 is 0. The van der Waals surface area contributed by atoms with E-state index in [4.69, 9.17) is 0 Å². The second-order valence-electron chi connectivity index (χ2n) is 30.9. The van der Waals surface area contributed by atoms with Crippen LogP contribution in [0.2, 0.25) is 0 Å². The van der Waals surface area contributed by atoms with Crippen molar-refractivity contribution >= 4 is 59.1 Å². The minimum absolute atomic E-state index is 0. The minimum atomic E-state index is 0. The number of rotatable bonds is 26. The Hall–Kier alpha value is -8.05. The van der Waals surface area contributed by atoms with Crippen molar-refractivity contribution in [1.82, 2.24) is 92.2 Å². The molecule has 28 heteroatoms. The second-order valence-corrected chi connectivity index (χ2v) is 30.9. The van der Waals surface area contributed by atoms with E-state index >= 15 is 0 Å². The van der Waals surface area contributed by atoms with E-state index in [-0.39, 0.29) is 88.8 Å². The Morgan fingerprint density at radius 3 is 1.20 bits per heavy atom. The van der Waals surface area contributed by atoms with Crippen molar-refractivity contribution in [1.29, 1.82) is 0 Å². The second kappa shape index (κ2) is 81.6. The summed E-state index contributed by atoms with van der Waals surface area (Å²) >= 11 is 0. The number of pyridine rings is 3. The summed E-state index contributed by atoms with van der Waals surface area (Å²) in [4.78, 5) is 132. The molecule has 0 saturated carbocycles. The third kappa shape index (κ3) is 75.4. The van der Waals surface area contributed by atoms with Crippen LogP contribution in [0, 0.1) is 11.8 Å². The number of likely N-dealkylation sites (tertiary alicyclic amines) is 5. The standard InChI is InChI=1S/C10H20N2O.C9H16N2O.3C9H12N2O.2C9H18N2O.C8H16N2O.C8H15NO.C6H13NO.C3H8.4CH4/c1-3-12-8-4-5-10(12)6-7-11-9(2)13;1-7(12)10-9-6-11-4-2-8(9)3-5-11;1-8(12)11-7-4-9-2-5-10-6-3-9;1-8(12)11-6-4-9-3-2-5-10-7-9;1-8(12)10-7-5-9-4-2-3-6-11-9;2*1-9(12)10-5-8-11-6-3-2-4-7-11;1-8(11)9-4-7-10-5-2-3-6-10;1-7-3-5-9(6-4-7)8(2)10;1-3-4-5-7-6(2)8;1-3-2;;;;/h10H,3-8H2,1-2H3,(H,11,13);8-9H,2-6H2,1H3,(H,10,12);2-3,5-6H,4,7H2,1H3,(H,11,12);2-3,5,7H,4,6H2,1H3,(H,11,12);2-4,6H,5,7H2,1H3,(H,10,12);2*2-8H2,1H3,(H,10,12);2-7H2,1H3,(H,9,11);7H,3-6H2,1-2H3;3-5H2,1-2H3,(H,7,8);3H2,1-2H3;4*1H4. The number of hydrogen-bond acceptors (Lipinski definition) is 18. The number of fused-ring (bicyclic) bond motifs is 3. The molecule has 2 bridgehead atoms.